The summed E-state index contributed by atoms with van der Waals surface area (Å²) in [6.07, 6.45) is -0.287. The van der Waals surface area contributed by atoms with Crippen LogP contribution in [0.2, 0.25) is 0 Å². The van der Waals surface area contributed by atoms with Gasteiger partial charge in [0.15, 0.2) is 5.79 Å². The van der Waals surface area contributed by atoms with Gasteiger partial charge in [-0.25, -0.2) is 0 Å². The Balaban J connectivity index is 1.82. The molecule has 116 valence electrons. The molecule has 5 nitrogen and oxygen atoms in total. The summed E-state index contributed by atoms with van der Waals surface area (Å²) in [7, 11) is 0. The van der Waals surface area contributed by atoms with Crippen LogP contribution in [0.15, 0.2) is 24.3 Å². The summed E-state index contributed by atoms with van der Waals surface area (Å²) in [4.78, 5) is 0. The van der Waals surface area contributed by atoms with Crippen LogP contribution in [0.4, 0.5) is 0 Å². The fourth-order valence-electron chi connectivity index (χ4n) is 3.26. The van der Waals surface area contributed by atoms with Crippen LogP contribution in [0.5, 0.6) is 0 Å². The minimum atomic E-state index is -1.18. The highest BCUT2D eigenvalue weighted by atomic mass is 16.7. The molecule has 21 heavy (non-hydrogen) atoms. The summed E-state index contributed by atoms with van der Waals surface area (Å²) in [6.45, 7) is 0.343. The number of fused-ring (bicyclic) bond motifs is 1. The Morgan fingerprint density at radius 2 is 1.95 bits per heavy atom. The van der Waals surface area contributed by atoms with Gasteiger partial charge in [0.2, 0.25) is 0 Å². The Morgan fingerprint density at radius 1 is 1.19 bits per heavy atom. The molecule has 3 N–H and O–H groups in total. The third kappa shape index (κ3) is 2.84. The molecule has 4 atom stereocenters. The summed E-state index contributed by atoms with van der Waals surface area (Å²) in [5, 5.41) is 29.6. The van der Waals surface area contributed by atoms with Crippen molar-refractivity contribution in [3.63, 3.8) is 0 Å². The van der Waals surface area contributed by atoms with Crippen molar-refractivity contribution >= 4 is 0 Å². The molecule has 1 fully saturated rings. The first-order valence-electron chi connectivity index (χ1n) is 7.50. The topological polar surface area (TPSA) is 79.2 Å². The molecular weight excluding hydrogens is 272 g/mol. The van der Waals surface area contributed by atoms with Crippen molar-refractivity contribution in [1.82, 2.24) is 0 Å². The van der Waals surface area contributed by atoms with Gasteiger partial charge in [0, 0.05) is 19.4 Å². The van der Waals surface area contributed by atoms with E-state index in [9.17, 15) is 10.2 Å². The lowest BCUT2D eigenvalue weighted by Gasteiger charge is -2.46. The average molecular weight is 294 g/mol. The van der Waals surface area contributed by atoms with Gasteiger partial charge in [0.25, 0.3) is 0 Å². The predicted molar refractivity (Wildman–Crippen MR) is 75.5 cm³/mol. The van der Waals surface area contributed by atoms with Crippen LogP contribution >= 0.6 is 0 Å². The fraction of sp³-hybridized carbons (Fsp3) is 0.625. The van der Waals surface area contributed by atoms with Gasteiger partial charge in [-0.15, -0.1) is 0 Å². The average Bonchev–Trinajstić information content (AvgIpc) is 2.67. The van der Waals surface area contributed by atoms with Gasteiger partial charge in [-0.2, -0.15) is 0 Å². The van der Waals surface area contributed by atoms with E-state index in [4.69, 9.17) is 14.6 Å². The maximum Gasteiger partial charge on any atom is 0.197 e. The van der Waals surface area contributed by atoms with E-state index in [1.165, 1.54) is 5.56 Å². The minimum Gasteiger partial charge on any atom is -0.396 e. The minimum absolute atomic E-state index is 0.0101. The molecule has 0 saturated carbocycles. The van der Waals surface area contributed by atoms with Crippen LogP contribution in [0, 0.1) is 0 Å². The largest absolute Gasteiger partial charge is 0.396 e. The maximum absolute atomic E-state index is 10.4. The van der Waals surface area contributed by atoms with Gasteiger partial charge in [-0.3, -0.25) is 0 Å². The van der Waals surface area contributed by atoms with E-state index in [0.29, 0.717) is 25.9 Å². The Labute approximate surface area is 124 Å². The number of aliphatic hydroxyl groups excluding tert-OH is 3. The molecule has 0 bridgehead atoms. The molecule has 2 heterocycles. The highest BCUT2D eigenvalue weighted by molar-refractivity contribution is 5.27. The Morgan fingerprint density at radius 3 is 2.71 bits per heavy atom. The summed E-state index contributed by atoms with van der Waals surface area (Å²) >= 11 is 0. The maximum atomic E-state index is 10.4. The van der Waals surface area contributed by atoms with Gasteiger partial charge in [-0.05, 0) is 24.0 Å². The number of benzene rings is 1. The van der Waals surface area contributed by atoms with Gasteiger partial charge in [0.1, 0.15) is 6.10 Å². The lowest BCUT2D eigenvalue weighted by molar-refractivity contribution is -0.346. The van der Waals surface area contributed by atoms with Crippen LogP contribution in [0.25, 0.3) is 0 Å². The van der Waals surface area contributed by atoms with Crippen LogP contribution in [0.1, 0.15) is 30.4 Å². The second-order valence-electron chi connectivity index (χ2n) is 5.87. The molecule has 3 rings (SSSR count). The summed E-state index contributed by atoms with van der Waals surface area (Å²) in [5.74, 6) is -1.18. The van der Waals surface area contributed by atoms with E-state index in [1.807, 2.05) is 18.2 Å². The normalized spacial score (nSPS) is 36.2. The molecular formula is C16H22O5. The molecule has 0 aliphatic carbocycles. The van der Waals surface area contributed by atoms with E-state index in [0.717, 1.165) is 12.0 Å². The van der Waals surface area contributed by atoms with Crippen molar-refractivity contribution in [1.29, 1.82) is 0 Å². The third-order valence-electron chi connectivity index (χ3n) is 4.47. The van der Waals surface area contributed by atoms with Gasteiger partial charge in [-0.1, -0.05) is 24.3 Å². The van der Waals surface area contributed by atoms with E-state index < -0.39 is 18.0 Å². The SMILES string of the molecule is OCC[C@H]1C[C@H](O)[C@@H](O)[C@]2(CCc3ccccc3CO2)O1. The molecule has 5 heteroatoms. The standard InChI is InChI=1S/C16H22O5/c17-8-6-13-9-14(18)15(19)16(21-13)7-5-11-3-1-2-4-12(11)10-20-16/h1-4,13-15,17-19H,5-10H2/t13-,14-,15+,16-/m0/s1. The van der Waals surface area contributed by atoms with Crippen LogP contribution in [-0.4, -0.2) is 46.0 Å². The van der Waals surface area contributed by atoms with Gasteiger partial charge < -0.3 is 24.8 Å². The summed E-state index contributed by atoms with van der Waals surface area (Å²) < 4.78 is 11.9. The Bertz CT molecular complexity index is 462. The molecule has 1 aromatic rings. The zero-order chi connectivity index (χ0) is 14.9. The molecule has 2 aliphatic heterocycles. The van der Waals surface area contributed by atoms with E-state index >= 15 is 0 Å². The first-order valence-corrected chi connectivity index (χ1v) is 7.50. The Kier molecular flexibility index (Phi) is 4.28. The molecule has 0 unspecified atom stereocenters. The fourth-order valence-corrected chi connectivity index (χ4v) is 3.26. The molecule has 0 aromatic heterocycles. The first kappa shape index (κ1) is 14.9. The zero-order valence-corrected chi connectivity index (χ0v) is 11.9. The summed E-state index contributed by atoms with van der Waals surface area (Å²) in [6, 6.07) is 8.00. The number of aliphatic hydroxyl groups is 3. The van der Waals surface area contributed by atoms with E-state index in [2.05, 4.69) is 6.07 Å². The van der Waals surface area contributed by atoms with Gasteiger partial charge >= 0.3 is 0 Å². The predicted octanol–water partition coefficient (Wildman–Crippen LogP) is 0.739. The molecule has 0 radical (unpaired) electrons. The van der Waals surface area contributed by atoms with Crippen molar-refractivity contribution in [3.05, 3.63) is 35.4 Å². The molecule has 1 aromatic carbocycles. The molecule has 2 aliphatic rings. The van der Waals surface area contributed by atoms with Crippen LogP contribution in [0.3, 0.4) is 0 Å². The van der Waals surface area contributed by atoms with Crippen LogP contribution in [-0.2, 0) is 22.5 Å². The second kappa shape index (κ2) is 6.02. The highest BCUT2D eigenvalue weighted by Gasteiger charge is 2.50. The number of rotatable bonds is 2. The number of aryl methyl sites for hydroxylation is 1. The molecule has 0 amide bonds. The second-order valence-corrected chi connectivity index (χ2v) is 5.87. The van der Waals surface area contributed by atoms with Crippen LogP contribution < -0.4 is 0 Å². The summed E-state index contributed by atoms with van der Waals surface area (Å²) in [5.41, 5.74) is 2.27. The highest BCUT2D eigenvalue weighted by Crippen LogP contribution is 2.38. The van der Waals surface area contributed by atoms with Crippen molar-refractivity contribution < 1.29 is 24.8 Å². The zero-order valence-electron chi connectivity index (χ0n) is 11.9. The van der Waals surface area contributed by atoms with Crippen molar-refractivity contribution in [2.45, 2.75) is 56.4 Å². The number of hydrogen-bond acceptors (Lipinski definition) is 5. The van der Waals surface area contributed by atoms with E-state index in [1.54, 1.807) is 0 Å². The first-order chi connectivity index (χ1) is 10.1. The lowest BCUT2D eigenvalue weighted by Crippen LogP contribution is -2.59. The Hall–Kier alpha value is -0.980. The number of ether oxygens (including phenoxy) is 2. The van der Waals surface area contributed by atoms with E-state index in [-0.39, 0.29) is 12.7 Å². The quantitative estimate of drug-likeness (QED) is 0.750. The smallest absolute Gasteiger partial charge is 0.197 e. The molecule has 1 saturated heterocycles. The van der Waals surface area contributed by atoms with Crippen molar-refractivity contribution in [2.24, 2.45) is 0 Å². The van der Waals surface area contributed by atoms with Gasteiger partial charge in [0.05, 0.1) is 18.8 Å². The number of hydrogen-bond donors (Lipinski definition) is 3. The van der Waals surface area contributed by atoms with Crippen molar-refractivity contribution in [3.8, 4) is 0 Å². The third-order valence-corrected chi connectivity index (χ3v) is 4.47. The van der Waals surface area contributed by atoms with Crippen molar-refractivity contribution in [2.75, 3.05) is 6.61 Å². The molecule has 1 spiro atoms. The monoisotopic (exact) mass is 294 g/mol. The lowest BCUT2D eigenvalue weighted by atomic mass is 9.90.